The van der Waals surface area contributed by atoms with Crippen LogP contribution in [0.15, 0.2) is 49.1 Å². The summed E-state index contributed by atoms with van der Waals surface area (Å²) in [6.45, 7) is 0.979. The topological polar surface area (TPSA) is 60.2 Å². The molecule has 5 nitrogen and oxygen atoms in total. The molecule has 0 unspecified atom stereocenters. The Morgan fingerprint density at radius 3 is 2.67 bits per heavy atom. The normalized spacial score (nSPS) is 13.9. The van der Waals surface area contributed by atoms with Crippen LogP contribution in [0.5, 0.6) is 0 Å². The smallest absolute Gasteiger partial charge is 0.174 e. The first-order chi connectivity index (χ1) is 14.3. The van der Waals surface area contributed by atoms with Gasteiger partial charge in [0.1, 0.15) is 36.5 Å². The predicted octanol–water partition coefficient (Wildman–Crippen LogP) is 3.18. The second-order valence-corrected chi connectivity index (χ2v) is 6.50. The number of ether oxygens (including phenoxy) is 1. The lowest BCUT2D eigenvalue weighted by atomic mass is 9.88. The maximum atomic E-state index is 14.4. The van der Waals surface area contributed by atoms with E-state index >= 15 is 0 Å². The number of hydrogen-bond acceptors (Lipinski definition) is 4. The molecule has 0 fully saturated rings. The highest BCUT2D eigenvalue weighted by Crippen LogP contribution is 2.31. The fourth-order valence-electron chi connectivity index (χ4n) is 2.87. The second kappa shape index (κ2) is 9.07. The minimum absolute atomic E-state index is 0.145. The third-order valence-corrected chi connectivity index (χ3v) is 4.52. The lowest BCUT2D eigenvalue weighted by Crippen LogP contribution is -2.44. The highest BCUT2D eigenvalue weighted by molar-refractivity contribution is 5.36. The molecule has 0 saturated carbocycles. The van der Waals surface area contributed by atoms with E-state index in [9.17, 15) is 22.7 Å². The van der Waals surface area contributed by atoms with E-state index < -0.39 is 35.0 Å². The van der Waals surface area contributed by atoms with Crippen molar-refractivity contribution in [1.29, 1.82) is 0 Å². The zero-order valence-electron chi connectivity index (χ0n) is 15.8. The molecule has 156 valence electrons. The van der Waals surface area contributed by atoms with Gasteiger partial charge < -0.3 is 9.84 Å². The molecule has 9 heteroatoms. The molecule has 0 saturated heterocycles. The van der Waals surface area contributed by atoms with Crippen LogP contribution in [0, 0.1) is 35.1 Å². The average molecular weight is 419 g/mol. The number of benzene rings is 2. The summed E-state index contributed by atoms with van der Waals surface area (Å²) in [5, 5.41) is 15.2. The lowest BCUT2D eigenvalue weighted by molar-refractivity contribution is -0.111. The minimum atomic E-state index is -1.95. The molecule has 3 rings (SSSR count). The summed E-state index contributed by atoms with van der Waals surface area (Å²) in [6, 6.07) is 6.39. The van der Waals surface area contributed by atoms with Crippen molar-refractivity contribution in [2.75, 3.05) is 6.61 Å². The minimum Gasteiger partial charge on any atom is -0.380 e. The fourth-order valence-corrected chi connectivity index (χ4v) is 2.87. The molecule has 0 spiro atoms. The van der Waals surface area contributed by atoms with Gasteiger partial charge in [0.2, 0.25) is 0 Å². The van der Waals surface area contributed by atoms with E-state index in [1.165, 1.54) is 36.4 Å². The van der Waals surface area contributed by atoms with E-state index in [2.05, 4.69) is 21.9 Å². The Bertz CT molecular complexity index is 1080. The number of rotatable bonds is 6. The van der Waals surface area contributed by atoms with Gasteiger partial charge in [0.05, 0.1) is 18.2 Å². The monoisotopic (exact) mass is 419 g/mol. The van der Waals surface area contributed by atoms with Crippen LogP contribution < -0.4 is 0 Å². The van der Waals surface area contributed by atoms with Crippen molar-refractivity contribution in [1.82, 2.24) is 14.8 Å². The molecule has 0 aliphatic rings. The fraction of sp³-hybridized carbons (Fsp3) is 0.238. The van der Waals surface area contributed by atoms with Crippen LogP contribution in [0.3, 0.4) is 0 Å². The number of hydrogen-bond donors (Lipinski definition) is 1. The van der Waals surface area contributed by atoms with Crippen LogP contribution in [-0.2, 0) is 16.9 Å². The van der Waals surface area contributed by atoms with Gasteiger partial charge in [-0.3, -0.25) is 0 Å². The highest BCUT2D eigenvalue weighted by atomic mass is 19.2. The third-order valence-electron chi connectivity index (χ3n) is 4.52. The molecule has 1 heterocycles. The van der Waals surface area contributed by atoms with E-state index in [1.807, 2.05) is 0 Å². The van der Waals surface area contributed by atoms with E-state index in [0.717, 1.165) is 18.2 Å². The zero-order valence-corrected chi connectivity index (χ0v) is 15.8. The lowest BCUT2D eigenvalue weighted by Gasteiger charge is -2.34. The summed E-state index contributed by atoms with van der Waals surface area (Å²) in [5.74, 6) is 1.12. The number of aromatic nitrogens is 3. The first-order valence-electron chi connectivity index (χ1n) is 8.86. The van der Waals surface area contributed by atoms with Crippen LogP contribution in [-0.4, -0.2) is 32.6 Å². The first-order valence-corrected chi connectivity index (χ1v) is 8.86. The summed E-state index contributed by atoms with van der Waals surface area (Å²) in [6.07, 6.45) is 1.53. The maximum absolute atomic E-state index is 14.4. The Balaban J connectivity index is 1.81. The van der Waals surface area contributed by atoms with Crippen molar-refractivity contribution in [2.45, 2.75) is 25.2 Å². The molecule has 30 heavy (non-hydrogen) atoms. The molecule has 1 aromatic heterocycles. The molecular formula is C21H17F4N3O2. The zero-order chi connectivity index (χ0) is 21.7. The first kappa shape index (κ1) is 21.5. The summed E-state index contributed by atoms with van der Waals surface area (Å²) >= 11 is 0. The standard InChI is InChI=1S/C21H17F4N3O2/c1-14(30-9-3-5-15-4-2-6-18(23)20(15)25)21(29,11-28-13-26-12-27-28)17-8-7-16(22)10-19(17)24/h2,4,6-8,10,12-14,29H,9,11H2,1H3/t14-,21-/m1/s1. The molecule has 0 amide bonds. The molecule has 0 bridgehead atoms. The van der Waals surface area contributed by atoms with Gasteiger partial charge >= 0.3 is 0 Å². The molecule has 0 aliphatic heterocycles. The maximum Gasteiger partial charge on any atom is 0.174 e. The quantitative estimate of drug-likeness (QED) is 0.493. The van der Waals surface area contributed by atoms with Gasteiger partial charge in [-0.15, -0.1) is 0 Å². The molecule has 2 aromatic carbocycles. The van der Waals surface area contributed by atoms with E-state index in [-0.39, 0.29) is 24.3 Å². The summed E-state index contributed by atoms with van der Waals surface area (Å²) in [5.41, 5.74) is -2.29. The third kappa shape index (κ3) is 4.67. The molecular weight excluding hydrogens is 402 g/mol. The second-order valence-electron chi connectivity index (χ2n) is 6.50. The van der Waals surface area contributed by atoms with Gasteiger partial charge in [0.15, 0.2) is 11.6 Å². The highest BCUT2D eigenvalue weighted by Gasteiger charge is 2.40. The molecule has 0 aliphatic carbocycles. The van der Waals surface area contributed by atoms with Gasteiger partial charge in [-0.1, -0.05) is 24.0 Å². The van der Waals surface area contributed by atoms with Gasteiger partial charge in [-0.2, -0.15) is 5.10 Å². The van der Waals surface area contributed by atoms with Crippen LogP contribution in [0.2, 0.25) is 0 Å². The van der Waals surface area contributed by atoms with Crippen molar-refractivity contribution >= 4 is 0 Å². The Hall–Kier alpha value is -3.22. The molecule has 0 radical (unpaired) electrons. The average Bonchev–Trinajstić information content (AvgIpc) is 3.20. The predicted molar refractivity (Wildman–Crippen MR) is 98.9 cm³/mol. The number of halogens is 4. The summed E-state index contributed by atoms with van der Waals surface area (Å²) < 4.78 is 61.4. The van der Waals surface area contributed by atoms with Gasteiger partial charge in [-0.05, 0) is 25.1 Å². The van der Waals surface area contributed by atoms with Crippen molar-refractivity contribution in [3.05, 3.63) is 83.4 Å². The molecule has 1 N–H and O–H groups in total. The SMILES string of the molecule is C[C@@H](OCC#Cc1cccc(F)c1F)[C@](O)(Cn1cncn1)c1ccc(F)cc1F. The van der Waals surface area contributed by atoms with Gasteiger partial charge in [0.25, 0.3) is 0 Å². The Labute approximate surface area is 169 Å². The number of nitrogens with zero attached hydrogens (tertiary/aromatic N) is 3. The van der Waals surface area contributed by atoms with E-state index in [0.29, 0.717) is 6.07 Å². The Morgan fingerprint density at radius 1 is 1.17 bits per heavy atom. The van der Waals surface area contributed by atoms with E-state index in [4.69, 9.17) is 4.74 Å². The van der Waals surface area contributed by atoms with Gasteiger partial charge in [-0.25, -0.2) is 27.2 Å². The molecule has 3 aromatic rings. The van der Waals surface area contributed by atoms with Gasteiger partial charge in [0, 0.05) is 11.6 Å². The van der Waals surface area contributed by atoms with Crippen LogP contribution in [0.25, 0.3) is 0 Å². The van der Waals surface area contributed by atoms with Crippen molar-refractivity contribution in [3.63, 3.8) is 0 Å². The van der Waals surface area contributed by atoms with Crippen LogP contribution in [0.4, 0.5) is 17.6 Å². The number of aliphatic hydroxyl groups is 1. The van der Waals surface area contributed by atoms with Crippen molar-refractivity contribution < 1.29 is 27.4 Å². The Morgan fingerprint density at radius 2 is 1.97 bits per heavy atom. The molecule has 2 atom stereocenters. The van der Waals surface area contributed by atoms with Crippen molar-refractivity contribution in [3.8, 4) is 11.8 Å². The van der Waals surface area contributed by atoms with Crippen LogP contribution >= 0.6 is 0 Å². The van der Waals surface area contributed by atoms with Crippen LogP contribution in [0.1, 0.15) is 18.1 Å². The summed E-state index contributed by atoms with van der Waals surface area (Å²) in [7, 11) is 0. The Kier molecular flexibility index (Phi) is 6.50. The summed E-state index contributed by atoms with van der Waals surface area (Å²) in [4.78, 5) is 3.78. The van der Waals surface area contributed by atoms with Crippen molar-refractivity contribution in [2.24, 2.45) is 0 Å². The largest absolute Gasteiger partial charge is 0.380 e. The van der Waals surface area contributed by atoms with E-state index in [1.54, 1.807) is 0 Å².